The van der Waals surface area contributed by atoms with E-state index < -0.39 is 30.5 Å². The molecule has 1 N–H and O–H groups in total. The molecule has 8 nitrogen and oxygen atoms in total. The third-order valence-corrected chi connectivity index (χ3v) is 5.07. The fourth-order valence-electron chi connectivity index (χ4n) is 3.72. The second-order valence-electron chi connectivity index (χ2n) is 7.93. The molecular formula is C24H29FN2O6. The summed E-state index contributed by atoms with van der Waals surface area (Å²) in [7, 11) is 1.36. The average molecular weight is 461 g/mol. The zero-order valence-electron chi connectivity index (χ0n) is 19.6. The number of halogens is 1. The number of methoxy groups -OCH3 is 1. The molecule has 1 aromatic carbocycles. The first-order valence-corrected chi connectivity index (χ1v) is 10.5. The number of esters is 2. The summed E-state index contributed by atoms with van der Waals surface area (Å²) in [6, 6.07) is 5.97. The van der Waals surface area contributed by atoms with Crippen molar-refractivity contribution in [2.75, 3.05) is 13.7 Å². The first-order chi connectivity index (χ1) is 15.5. The lowest BCUT2D eigenvalue weighted by atomic mass is 9.82. The number of ether oxygens (including phenoxy) is 3. The Labute approximate surface area is 192 Å². The normalized spacial score (nSPS) is 12.6. The monoisotopic (exact) mass is 460 g/mol. The van der Waals surface area contributed by atoms with Crippen LogP contribution in [0, 0.1) is 18.7 Å². The molecule has 1 aromatic heterocycles. The summed E-state index contributed by atoms with van der Waals surface area (Å²) in [5, 5.41) is 2.42. The van der Waals surface area contributed by atoms with Crippen LogP contribution in [0.15, 0.2) is 30.5 Å². The highest BCUT2D eigenvalue weighted by atomic mass is 19.1. The number of nitrogens with zero attached hydrogens (tertiary/aromatic N) is 1. The second kappa shape index (κ2) is 11.4. The maximum Gasteiger partial charge on any atom is 0.325 e. The van der Waals surface area contributed by atoms with Gasteiger partial charge in [-0.05, 0) is 43.0 Å². The SMILES string of the molecule is COc1ccnc(C(=O)NCC(=O)OC(C)C(c2ccc(F)cc2C)C(C)C)c1OC(C)=O. The summed E-state index contributed by atoms with van der Waals surface area (Å²) in [4.78, 5) is 40.4. The molecule has 2 rings (SSSR count). The lowest BCUT2D eigenvalue weighted by molar-refractivity contribution is -0.148. The topological polar surface area (TPSA) is 104 Å². The molecule has 1 heterocycles. The molecular weight excluding hydrogens is 431 g/mol. The highest BCUT2D eigenvalue weighted by Crippen LogP contribution is 2.32. The van der Waals surface area contributed by atoms with Crippen molar-refractivity contribution in [2.24, 2.45) is 5.92 Å². The lowest BCUT2D eigenvalue weighted by Gasteiger charge is -2.29. The second-order valence-corrected chi connectivity index (χ2v) is 7.93. The maximum atomic E-state index is 13.5. The number of pyridine rings is 1. The van der Waals surface area contributed by atoms with E-state index in [2.05, 4.69) is 10.3 Å². The molecule has 0 fully saturated rings. The van der Waals surface area contributed by atoms with Crippen LogP contribution in [0.25, 0.3) is 0 Å². The van der Waals surface area contributed by atoms with Crippen molar-refractivity contribution in [1.82, 2.24) is 10.3 Å². The summed E-state index contributed by atoms with van der Waals surface area (Å²) >= 11 is 0. The molecule has 178 valence electrons. The van der Waals surface area contributed by atoms with E-state index in [1.165, 1.54) is 38.4 Å². The number of hydrogen-bond acceptors (Lipinski definition) is 7. The van der Waals surface area contributed by atoms with E-state index in [0.29, 0.717) is 0 Å². The number of aromatic nitrogens is 1. The number of carbonyl (C=O) groups is 3. The Morgan fingerprint density at radius 1 is 1.15 bits per heavy atom. The predicted molar refractivity (Wildman–Crippen MR) is 119 cm³/mol. The van der Waals surface area contributed by atoms with Gasteiger partial charge in [-0.3, -0.25) is 14.4 Å². The van der Waals surface area contributed by atoms with Crippen LogP contribution < -0.4 is 14.8 Å². The first-order valence-electron chi connectivity index (χ1n) is 10.5. The first kappa shape index (κ1) is 25.8. The van der Waals surface area contributed by atoms with Gasteiger partial charge in [-0.1, -0.05) is 19.9 Å². The zero-order valence-corrected chi connectivity index (χ0v) is 19.6. The average Bonchev–Trinajstić information content (AvgIpc) is 2.73. The molecule has 0 aliphatic rings. The minimum atomic E-state index is -0.732. The number of carbonyl (C=O) groups excluding carboxylic acids is 3. The number of amides is 1. The summed E-state index contributed by atoms with van der Waals surface area (Å²) in [5.41, 5.74) is 1.46. The van der Waals surface area contributed by atoms with Crippen molar-refractivity contribution in [2.45, 2.75) is 46.6 Å². The molecule has 0 radical (unpaired) electrons. The summed E-state index contributed by atoms with van der Waals surface area (Å²) in [6.45, 7) is 8.31. The number of hydrogen-bond donors (Lipinski definition) is 1. The van der Waals surface area contributed by atoms with Crippen molar-refractivity contribution >= 4 is 17.8 Å². The van der Waals surface area contributed by atoms with Gasteiger partial charge in [-0.25, -0.2) is 9.37 Å². The molecule has 2 aromatic rings. The Hall–Kier alpha value is -3.49. The van der Waals surface area contributed by atoms with Crippen molar-refractivity contribution in [3.8, 4) is 11.5 Å². The van der Waals surface area contributed by atoms with Crippen LogP contribution in [0.3, 0.4) is 0 Å². The van der Waals surface area contributed by atoms with Gasteiger partial charge in [-0.15, -0.1) is 0 Å². The van der Waals surface area contributed by atoms with Crippen LogP contribution in [0.2, 0.25) is 0 Å². The standard InChI is InChI=1S/C24H29FN2O6/c1-13(2)21(18-8-7-17(25)11-14(18)3)15(4)32-20(29)12-27-24(30)22-23(33-16(5)28)19(31-6)9-10-26-22/h7-11,13,15,21H,12H2,1-6H3,(H,27,30). The summed E-state index contributed by atoms with van der Waals surface area (Å²) in [5.74, 6) is -2.42. The van der Waals surface area contributed by atoms with E-state index in [0.717, 1.165) is 11.1 Å². The van der Waals surface area contributed by atoms with Crippen LogP contribution in [0.1, 0.15) is 55.2 Å². The lowest BCUT2D eigenvalue weighted by Crippen LogP contribution is -2.35. The third-order valence-electron chi connectivity index (χ3n) is 5.07. The molecule has 0 saturated heterocycles. The van der Waals surface area contributed by atoms with Crippen LogP contribution in [-0.2, 0) is 14.3 Å². The molecule has 0 saturated carbocycles. The summed E-state index contributed by atoms with van der Waals surface area (Å²) < 4.78 is 29.2. The van der Waals surface area contributed by atoms with E-state index >= 15 is 0 Å². The molecule has 0 aliphatic carbocycles. The van der Waals surface area contributed by atoms with E-state index in [9.17, 15) is 18.8 Å². The van der Waals surface area contributed by atoms with Gasteiger partial charge < -0.3 is 19.5 Å². The minimum absolute atomic E-state index is 0.110. The van der Waals surface area contributed by atoms with Gasteiger partial charge in [0.2, 0.25) is 5.75 Å². The number of aryl methyl sites for hydroxylation is 1. The molecule has 2 atom stereocenters. The van der Waals surface area contributed by atoms with Gasteiger partial charge in [-0.2, -0.15) is 0 Å². The van der Waals surface area contributed by atoms with Crippen molar-refractivity contribution < 1.29 is 33.0 Å². The zero-order chi connectivity index (χ0) is 24.7. The van der Waals surface area contributed by atoms with Crippen LogP contribution >= 0.6 is 0 Å². The van der Waals surface area contributed by atoms with Gasteiger partial charge in [0.25, 0.3) is 5.91 Å². The molecule has 2 unspecified atom stereocenters. The highest BCUT2D eigenvalue weighted by molar-refractivity contribution is 5.98. The Morgan fingerprint density at radius 3 is 2.42 bits per heavy atom. The molecule has 0 aliphatic heterocycles. The predicted octanol–water partition coefficient (Wildman–Crippen LogP) is 3.56. The van der Waals surface area contributed by atoms with Crippen LogP contribution in [-0.4, -0.2) is 42.6 Å². The van der Waals surface area contributed by atoms with E-state index in [1.807, 2.05) is 20.8 Å². The Kier molecular flexibility index (Phi) is 8.90. The van der Waals surface area contributed by atoms with Gasteiger partial charge in [0.05, 0.1) is 7.11 Å². The number of rotatable bonds is 9. The van der Waals surface area contributed by atoms with E-state index in [4.69, 9.17) is 14.2 Å². The number of benzene rings is 1. The number of nitrogens with one attached hydrogen (secondary N) is 1. The van der Waals surface area contributed by atoms with Crippen LogP contribution in [0.4, 0.5) is 4.39 Å². The van der Waals surface area contributed by atoms with E-state index in [-0.39, 0.29) is 34.8 Å². The minimum Gasteiger partial charge on any atom is -0.493 e. The van der Waals surface area contributed by atoms with Gasteiger partial charge in [0, 0.05) is 25.1 Å². The molecule has 1 amide bonds. The molecule has 0 spiro atoms. The Morgan fingerprint density at radius 2 is 1.85 bits per heavy atom. The van der Waals surface area contributed by atoms with Gasteiger partial charge in [0.1, 0.15) is 18.5 Å². The van der Waals surface area contributed by atoms with Gasteiger partial charge in [0.15, 0.2) is 11.4 Å². The summed E-state index contributed by atoms with van der Waals surface area (Å²) in [6.07, 6.45) is 0.796. The largest absolute Gasteiger partial charge is 0.493 e. The fourth-order valence-corrected chi connectivity index (χ4v) is 3.72. The molecule has 33 heavy (non-hydrogen) atoms. The van der Waals surface area contributed by atoms with Crippen LogP contribution in [0.5, 0.6) is 11.5 Å². The Bertz CT molecular complexity index is 1020. The fraction of sp³-hybridized carbons (Fsp3) is 0.417. The van der Waals surface area contributed by atoms with Crippen molar-refractivity contribution in [1.29, 1.82) is 0 Å². The van der Waals surface area contributed by atoms with E-state index in [1.54, 1.807) is 13.0 Å². The smallest absolute Gasteiger partial charge is 0.325 e. The van der Waals surface area contributed by atoms with Gasteiger partial charge >= 0.3 is 11.9 Å². The van der Waals surface area contributed by atoms with Crippen molar-refractivity contribution in [3.63, 3.8) is 0 Å². The maximum absolute atomic E-state index is 13.5. The van der Waals surface area contributed by atoms with Crippen molar-refractivity contribution in [3.05, 3.63) is 53.1 Å². The molecule has 9 heteroatoms. The molecule has 0 bridgehead atoms. The third kappa shape index (κ3) is 6.74. The highest BCUT2D eigenvalue weighted by Gasteiger charge is 2.28. The Balaban J connectivity index is 2.09. The quantitative estimate of drug-likeness (QED) is 0.571.